The third-order valence-electron chi connectivity index (χ3n) is 3.76. The second-order valence-electron chi connectivity index (χ2n) is 5.53. The van der Waals surface area contributed by atoms with Gasteiger partial charge in [0.15, 0.2) is 0 Å². The first kappa shape index (κ1) is 16.5. The SMILES string of the molecule is O=C1Nc2sc(C(=O)NCCCCCO)cc2/C1=C\c1ccc[nH]1. The van der Waals surface area contributed by atoms with E-state index in [2.05, 4.69) is 15.6 Å². The zero-order chi connectivity index (χ0) is 16.9. The number of anilines is 1. The van der Waals surface area contributed by atoms with Crippen LogP contribution in [0, 0.1) is 0 Å². The molecule has 0 saturated carbocycles. The van der Waals surface area contributed by atoms with Crippen molar-refractivity contribution in [1.29, 1.82) is 0 Å². The number of carbonyl (C=O) groups is 2. The summed E-state index contributed by atoms with van der Waals surface area (Å²) in [6.45, 7) is 0.764. The molecule has 0 aliphatic carbocycles. The summed E-state index contributed by atoms with van der Waals surface area (Å²) in [5.74, 6) is -0.284. The highest BCUT2D eigenvalue weighted by Crippen LogP contribution is 2.39. The Morgan fingerprint density at radius 2 is 2.21 bits per heavy atom. The summed E-state index contributed by atoms with van der Waals surface area (Å²) in [4.78, 5) is 27.9. The lowest BCUT2D eigenvalue weighted by Crippen LogP contribution is -2.23. The first-order valence-electron chi connectivity index (χ1n) is 7.88. The standard InChI is InChI=1S/C17H19N3O3S/c21-8-3-1-2-6-19-16(23)14-10-13-12(9-11-5-4-7-18-11)15(22)20-17(13)24-14/h4-5,7,9-10,18,21H,1-3,6,8H2,(H,19,23)(H,20,22)/b12-9+. The lowest BCUT2D eigenvalue weighted by Gasteiger charge is -2.03. The van der Waals surface area contributed by atoms with E-state index in [0.717, 1.165) is 30.5 Å². The Balaban J connectivity index is 1.68. The average Bonchev–Trinajstić information content (AvgIpc) is 3.26. The Hall–Kier alpha value is -2.38. The minimum Gasteiger partial charge on any atom is -0.396 e. The smallest absolute Gasteiger partial charge is 0.261 e. The molecule has 2 aromatic heterocycles. The van der Waals surface area contributed by atoms with Crippen LogP contribution in [0.3, 0.4) is 0 Å². The summed E-state index contributed by atoms with van der Waals surface area (Å²) >= 11 is 1.28. The van der Waals surface area contributed by atoms with Crippen molar-refractivity contribution in [3.8, 4) is 0 Å². The van der Waals surface area contributed by atoms with E-state index in [4.69, 9.17) is 5.11 Å². The van der Waals surface area contributed by atoms with Crippen LogP contribution in [0.5, 0.6) is 0 Å². The molecule has 0 spiro atoms. The number of hydrogen-bond donors (Lipinski definition) is 4. The molecule has 24 heavy (non-hydrogen) atoms. The van der Waals surface area contributed by atoms with Gasteiger partial charge in [-0.15, -0.1) is 11.3 Å². The molecule has 3 heterocycles. The maximum atomic E-state index is 12.2. The van der Waals surface area contributed by atoms with Crippen LogP contribution in [-0.4, -0.2) is 35.1 Å². The van der Waals surface area contributed by atoms with Gasteiger partial charge in [-0.3, -0.25) is 9.59 Å². The van der Waals surface area contributed by atoms with Gasteiger partial charge in [-0.05, 0) is 43.5 Å². The lowest BCUT2D eigenvalue weighted by molar-refractivity contribution is -0.110. The van der Waals surface area contributed by atoms with E-state index in [0.29, 0.717) is 22.0 Å². The summed E-state index contributed by atoms with van der Waals surface area (Å²) in [5.41, 5.74) is 2.17. The van der Waals surface area contributed by atoms with Gasteiger partial charge >= 0.3 is 0 Å². The molecule has 1 aliphatic heterocycles. The molecule has 3 rings (SSSR count). The van der Waals surface area contributed by atoms with Crippen molar-refractivity contribution in [2.75, 3.05) is 18.5 Å². The molecule has 0 bridgehead atoms. The molecule has 0 aromatic carbocycles. The van der Waals surface area contributed by atoms with Crippen molar-refractivity contribution in [1.82, 2.24) is 10.3 Å². The van der Waals surface area contributed by atoms with E-state index < -0.39 is 0 Å². The number of fused-ring (bicyclic) bond motifs is 1. The Kier molecular flexibility index (Phi) is 5.12. The topological polar surface area (TPSA) is 94.2 Å². The summed E-state index contributed by atoms with van der Waals surface area (Å²) in [6.07, 6.45) is 6.05. The number of aromatic amines is 1. The van der Waals surface area contributed by atoms with Crippen molar-refractivity contribution < 1.29 is 14.7 Å². The van der Waals surface area contributed by atoms with Gasteiger partial charge in [0, 0.05) is 30.6 Å². The molecule has 7 heteroatoms. The minimum absolute atomic E-state index is 0.133. The van der Waals surface area contributed by atoms with E-state index in [-0.39, 0.29) is 18.4 Å². The van der Waals surface area contributed by atoms with Gasteiger partial charge in [0.2, 0.25) is 0 Å². The zero-order valence-corrected chi connectivity index (χ0v) is 13.9. The van der Waals surface area contributed by atoms with Crippen LogP contribution in [0.1, 0.15) is 40.2 Å². The third kappa shape index (κ3) is 3.58. The number of thiophene rings is 1. The monoisotopic (exact) mass is 345 g/mol. The summed E-state index contributed by atoms with van der Waals surface area (Å²) in [6, 6.07) is 5.50. The largest absolute Gasteiger partial charge is 0.396 e. The van der Waals surface area contributed by atoms with Crippen molar-refractivity contribution in [2.24, 2.45) is 0 Å². The van der Waals surface area contributed by atoms with Crippen LogP contribution >= 0.6 is 11.3 Å². The molecule has 2 aromatic rings. The van der Waals surface area contributed by atoms with Crippen molar-refractivity contribution in [2.45, 2.75) is 19.3 Å². The van der Waals surface area contributed by atoms with Crippen molar-refractivity contribution in [3.05, 3.63) is 40.5 Å². The molecule has 0 atom stereocenters. The number of aliphatic hydroxyl groups is 1. The van der Waals surface area contributed by atoms with E-state index in [9.17, 15) is 9.59 Å². The fourth-order valence-corrected chi connectivity index (χ4v) is 3.51. The normalized spacial score (nSPS) is 14.7. The number of aliphatic hydroxyl groups excluding tert-OH is 1. The third-order valence-corrected chi connectivity index (χ3v) is 4.81. The number of amides is 2. The maximum absolute atomic E-state index is 12.2. The van der Waals surface area contributed by atoms with Crippen LogP contribution < -0.4 is 10.6 Å². The predicted molar refractivity (Wildman–Crippen MR) is 94.9 cm³/mol. The summed E-state index contributed by atoms with van der Waals surface area (Å²) in [7, 11) is 0. The van der Waals surface area contributed by atoms with Gasteiger partial charge in [-0.2, -0.15) is 0 Å². The molecule has 6 nitrogen and oxygen atoms in total. The highest BCUT2D eigenvalue weighted by atomic mass is 32.1. The minimum atomic E-state index is -0.151. The zero-order valence-electron chi connectivity index (χ0n) is 13.1. The number of unbranched alkanes of at least 4 members (excludes halogenated alkanes) is 2. The summed E-state index contributed by atoms with van der Waals surface area (Å²) in [5, 5.41) is 15.1. The second-order valence-corrected chi connectivity index (χ2v) is 6.58. The van der Waals surface area contributed by atoms with E-state index >= 15 is 0 Å². The fraction of sp³-hybridized carbons (Fsp3) is 0.294. The predicted octanol–water partition coefficient (Wildman–Crippen LogP) is 2.46. The molecule has 0 fully saturated rings. The molecule has 4 N–H and O–H groups in total. The Morgan fingerprint density at radius 1 is 1.33 bits per heavy atom. The van der Waals surface area contributed by atoms with E-state index in [1.807, 2.05) is 12.1 Å². The van der Waals surface area contributed by atoms with Gasteiger partial charge in [0.05, 0.1) is 10.5 Å². The fourth-order valence-electron chi connectivity index (χ4n) is 2.52. The number of H-pyrrole nitrogens is 1. The first-order valence-corrected chi connectivity index (χ1v) is 8.70. The number of nitrogens with one attached hydrogen (secondary N) is 3. The van der Waals surface area contributed by atoms with Crippen molar-refractivity contribution >= 4 is 39.8 Å². The van der Waals surface area contributed by atoms with Gasteiger partial charge < -0.3 is 20.7 Å². The van der Waals surface area contributed by atoms with Crippen LogP contribution in [-0.2, 0) is 4.79 Å². The Bertz CT molecular complexity index is 762. The number of hydrogen-bond acceptors (Lipinski definition) is 4. The highest BCUT2D eigenvalue weighted by molar-refractivity contribution is 7.18. The van der Waals surface area contributed by atoms with E-state index in [1.165, 1.54) is 11.3 Å². The van der Waals surface area contributed by atoms with E-state index in [1.54, 1.807) is 18.3 Å². The molecule has 0 unspecified atom stereocenters. The van der Waals surface area contributed by atoms with Crippen LogP contribution in [0.4, 0.5) is 5.00 Å². The van der Waals surface area contributed by atoms with Crippen molar-refractivity contribution in [3.63, 3.8) is 0 Å². The molecule has 126 valence electrons. The first-order chi connectivity index (χ1) is 11.7. The molecule has 2 amide bonds. The van der Waals surface area contributed by atoms with Crippen LogP contribution in [0.2, 0.25) is 0 Å². The van der Waals surface area contributed by atoms with Gasteiger partial charge in [0.25, 0.3) is 11.8 Å². The van der Waals surface area contributed by atoms with Gasteiger partial charge in [0.1, 0.15) is 5.00 Å². The lowest BCUT2D eigenvalue weighted by atomic mass is 10.1. The second kappa shape index (κ2) is 7.46. The summed E-state index contributed by atoms with van der Waals surface area (Å²) < 4.78 is 0. The molecule has 1 aliphatic rings. The molecule has 0 saturated heterocycles. The molecular weight excluding hydrogens is 326 g/mol. The average molecular weight is 345 g/mol. The Labute approximate surface area is 143 Å². The van der Waals surface area contributed by atoms with Gasteiger partial charge in [-0.25, -0.2) is 0 Å². The van der Waals surface area contributed by atoms with Crippen LogP contribution in [0.15, 0.2) is 24.4 Å². The highest BCUT2D eigenvalue weighted by Gasteiger charge is 2.28. The number of rotatable bonds is 7. The van der Waals surface area contributed by atoms with Crippen LogP contribution in [0.25, 0.3) is 11.6 Å². The number of carbonyl (C=O) groups excluding carboxylic acids is 2. The van der Waals surface area contributed by atoms with Gasteiger partial charge in [-0.1, -0.05) is 0 Å². The maximum Gasteiger partial charge on any atom is 0.261 e. The Morgan fingerprint density at radius 3 is 2.96 bits per heavy atom. The quantitative estimate of drug-likeness (QED) is 0.459. The molecular formula is C17H19N3O3S. The molecule has 0 radical (unpaired) electrons. The number of aromatic nitrogens is 1.